The van der Waals surface area contributed by atoms with Gasteiger partial charge in [0.05, 0.1) is 5.56 Å². The molecule has 5 nitrogen and oxygen atoms in total. The largest absolute Gasteiger partial charge is 0.383 e. The van der Waals surface area contributed by atoms with Crippen LogP contribution in [0.4, 0.5) is 17.6 Å². The second kappa shape index (κ2) is 6.76. The summed E-state index contributed by atoms with van der Waals surface area (Å²) in [7, 11) is 0. The van der Waals surface area contributed by atoms with Crippen LogP contribution in [0.25, 0.3) is 0 Å². The van der Waals surface area contributed by atoms with E-state index in [-0.39, 0.29) is 25.9 Å². The predicted molar refractivity (Wildman–Crippen MR) is 75.4 cm³/mol. The van der Waals surface area contributed by atoms with E-state index in [9.17, 15) is 32.3 Å². The number of carbonyl (C=O) groups is 2. The topological polar surface area (TPSA) is 78.4 Å². The van der Waals surface area contributed by atoms with Crippen molar-refractivity contribution in [3.05, 3.63) is 35.4 Å². The lowest BCUT2D eigenvalue weighted by molar-refractivity contribution is -0.215. The predicted octanol–water partition coefficient (Wildman–Crippen LogP) is 1.36. The van der Waals surface area contributed by atoms with E-state index in [0.29, 0.717) is 12.5 Å². The Hall–Kier alpha value is -2.16. The third kappa shape index (κ3) is 3.50. The highest BCUT2D eigenvalue weighted by Crippen LogP contribution is 2.44. The minimum absolute atomic E-state index is 0.159. The average Bonchev–Trinajstić information content (AvgIpc) is 2.48. The molecule has 0 spiro atoms. The van der Waals surface area contributed by atoms with Crippen molar-refractivity contribution in [2.24, 2.45) is 0 Å². The standard InChI is InChI=1S/C15H16F4N2O3/c16-9-2-3-10(11(17)8-9)12(22)20-6-7-21-13(23)15(18,19)14(24)4-1-5-14/h2-3,8,24H,1,4-7H2,(H,20,22)(H,21,23). The Labute approximate surface area is 135 Å². The van der Waals surface area contributed by atoms with Crippen molar-refractivity contribution in [2.45, 2.75) is 30.8 Å². The Balaban J connectivity index is 1.80. The van der Waals surface area contributed by atoms with Crippen molar-refractivity contribution in [2.75, 3.05) is 13.1 Å². The average molecular weight is 348 g/mol. The molecule has 0 aliphatic heterocycles. The van der Waals surface area contributed by atoms with E-state index in [2.05, 4.69) is 5.32 Å². The molecule has 0 heterocycles. The van der Waals surface area contributed by atoms with Crippen molar-refractivity contribution in [1.29, 1.82) is 0 Å². The van der Waals surface area contributed by atoms with Crippen molar-refractivity contribution >= 4 is 11.8 Å². The summed E-state index contributed by atoms with van der Waals surface area (Å²) in [5.74, 6) is -8.32. The fraction of sp³-hybridized carbons (Fsp3) is 0.467. The Bertz CT molecular complexity index is 648. The van der Waals surface area contributed by atoms with Gasteiger partial charge in [0.1, 0.15) is 17.2 Å². The first-order valence-corrected chi connectivity index (χ1v) is 7.29. The summed E-state index contributed by atoms with van der Waals surface area (Å²) < 4.78 is 53.6. The summed E-state index contributed by atoms with van der Waals surface area (Å²) in [5, 5.41) is 13.7. The molecule has 0 atom stereocenters. The van der Waals surface area contributed by atoms with Crippen LogP contribution in [0.5, 0.6) is 0 Å². The fourth-order valence-electron chi connectivity index (χ4n) is 2.27. The molecule has 1 aromatic carbocycles. The Morgan fingerprint density at radius 2 is 1.79 bits per heavy atom. The van der Waals surface area contributed by atoms with E-state index < -0.39 is 40.5 Å². The molecule has 1 aliphatic carbocycles. The van der Waals surface area contributed by atoms with Crippen molar-refractivity contribution in [1.82, 2.24) is 10.6 Å². The summed E-state index contributed by atoms with van der Waals surface area (Å²) >= 11 is 0. The summed E-state index contributed by atoms with van der Waals surface area (Å²) in [6.07, 6.45) is 0.0979. The molecule has 1 fully saturated rings. The third-order valence-corrected chi connectivity index (χ3v) is 3.92. The monoisotopic (exact) mass is 348 g/mol. The van der Waals surface area contributed by atoms with Gasteiger partial charge in [-0.2, -0.15) is 8.78 Å². The van der Waals surface area contributed by atoms with Crippen molar-refractivity contribution in [3.8, 4) is 0 Å². The van der Waals surface area contributed by atoms with Crippen LogP contribution >= 0.6 is 0 Å². The van der Waals surface area contributed by atoms with Gasteiger partial charge in [-0.05, 0) is 31.4 Å². The van der Waals surface area contributed by atoms with Gasteiger partial charge in [-0.1, -0.05) is 0 Å². The van der Waals surface area contributed by atoms with Gasteiger partial charge in [0, 0.05) is 19.2 Å². The first-order valence-electron chi connectivity index (χ1n) is 7.29. The van der Waals surface area contributed by atoms with Crippen LogP contribution in [0, 0.1) is 11.6 Å². The molecule has 3 N–H and O–H groups in total. The lowest BCUT2D eigenvalue weighted by Gasteiger charge is -2.41. The van der Waals surface area contributed by atoms with E-state index in [1.807, 2.05) is 5.32 Å². The Morgan fingerprint density at radius 1 is 1.17 bits per heavy atom. The van der Waals surface area contributed by atoms with E-state index in [0.717, 1.165) is 12.1 Å². The number of hydrogen-bond acceptors (Lipinski definition) is 3. The van der Waals surface area contributed by atoms with Gasteiger partial charge in [-0.25, -0.2) is 8.78 Å². The fourth-order valence-corrected chi connectivity index (χ4v) is 2.27. The normalized spacial score (nSPS) is 16.2. The number of halogens is 4. The number of alkyl halides is 2. The maximum Gasteiger partial charge on any atom is 0.352 e. The van der Waals surface area contributed by atoms with Gasteiger partial charge in [0.25, 0.3) is 11.8 Å². The van der Waals surface area contributed by atoms with Gasteiger partial charge in [-0.15, -0.1) is 0 Å². The van der Waals surface area contributed by atoms with Crippen LogP contribution in [-0.4, -0.2) is 41.5 Å². The highest BCUT2D eigenvalue weighted by molar-refractivity contribution is 5.94. The van der Waals surface area contributed by atoms with Crippen LogP contribution in [0.2, 0.25) is 0 Å². The van der Waals surface area contributed by atoms with Crippen LogP contribution in [0.3, 0.4) is 0 Å². The molecule has 0 unspecified atom stereocenters. The maximum atomic E-state index is 13.8. The second-order valence-corrected chi connectivity index (χ2v) is 5.60. The Morgan fingerprint density at radius 3 is 2.33 bits per heavy atom. The molecule has 0 radical (unpaired) electrons. The summed E-state index contributed by atoms with van der Waals surface area (Å²) in [4.78, 5) is 23.1. The molecule has 1 saturated carbocycles. The van der Waals surface area contributed by atoms with Gasteiger partial charge < -0.3 is 15.7 Å². The number of amides is 2. The minimum atomic E-state index is -3.92. The number of benzene rings is 1. The highest BCUT2D eigenvalue weighted by Gasteiger charge is 2.60. The van der Waals surface area contributed by atoms with Crippen LogP contribution in [-0.2, 0) is 4.79 Å². The number of rotatable bonds is 6. The zero-order valence-corrected chi connectivity index (χ0v) is 12.5. The zero-order valence-electron chi connectivity index (χ0n) is 12.5. The second-order valence-electron chi connectivity index (χ2n) is 5.60. The molecular formula is C15H16F4N2O3. The molecule has 1 aromatic rings. The molecule has 24 heavy (non-hydrogen) atoms. The van der Waals surface area contributed by atoms with E-state index in [1.165, 1.54) is 0 Å². The highest BCUT2D eigenvalue weighted by atomic mass is 19.3. The van der Waals surface area contributed by atoms with E-state index in [1.54, 1.807) is 0 Å². The number of hydrogen-bond donors (Lipinski definition) is 3. The lowest BCUT2D eigenvalue weighted by Crippen LogP contribution is -2.61. The third-order valence-electron chi connectivity index (χ3n) is 3.92. The lowest BCUT2D eigenvalue weighted by atomic mass is 9.75. The molecule has 0 bridgehead atoms. The van der Waals surface area contributed by atoms with E-state index >= 15 is 0 Å². The smallest absolute Gasteiger partial charge is 0.352 e. The number of carbonyl (C=O) groups excluding carboxylic acids is 2. The zero-order chi connectivity index (χ0) is 18.0. The maximum absolute atomic E-state index is 13.8. The SMILES string of the molecule is O=C(NCCNC(=O)C(F)(F)C1(O)CCC1)c1ccc(F)cc1F. The molecule has 9 heteroatoms. The molecule has 0 saturated heterocycles. The number of aliphatic hydroxyl groups is 1. The van der Waals surface area contributed by atoms with Crippen LogP contribution in [0.1, 0.15) is 29.6 Å². The van der Waals surface area contributed by atoms with Crippen LogP contribution in [0.15, 0.2) is 18.2 Å². The van der Waals surface area contributed by atoms with Gasteiger partial charge in [0.2, 0.25) is 0 Å². The molecule has 2 rings (SSSR count). The first-order chi connectivity index (χ1) is 11.2. The van der Waals surface area contributed by atoms with Gasteiger partial charge in [-0.3, -0.25) is 9.59 Å². The number of nitrogens with one attached hydrogen (secondary N) is 2. The summed E-state index contributed by atoms with van der Waals surface area (Å²) in [6, 6.07) is 2.38. The minimum Gasteiger partial charge on any atom is -0.383 e. The molecule has 132 valence electrons. The van der Waals surface area contributed by atoms with Gasteiger partial charge >= 0.3 is 5.92 Å². The molecule has 2 amide bonds. The molecular weight excluding hydrogens is 332 g/mol. The molecule has 1 aliphatic rings. The summed E-state index contributed by atoms with van der Waals surface area (Å²) in [5.41, 5.74) is -2.73. The first kappa shape index (κ1) is 18.2. The van der Waals surface area contributed by atoms with E-state index in [4.69, 9.17) is 0 Å². The van der Waals surface area contributed by atoms with Gasteiger partial charge in [0.15, 0.2) is 0 Å². The van der Waals surface area contributed by atoms with Crippen LogP contribution < -0.4 is 10.6 Å². The molecule has 0 aromatic heterocycles. The quantitative estimate of drug-likeness (QED) is 0.537. The Kier molecular flexibility index (Phi) is 5.12. The summed E-state index contributed by atoms with van der Waals surface area (Å²) in [6.45, 7) is -0.574. The van der Waals surface area contributed by atoms with Crippen molar-refractivity contribution < 1.29 is 32.3 Å². The van der Waals surface area contributed by atoms with Crippen molar-refractivity contribution in [3.63, 3.8) is 0 Å².